The van der Waals surface area contributed by atoms with Gasteiger partial charge in [-0.25, -0.2) is 14.1 Å². The molecule has 0 radical (unpaired) electrons. The van der Waals surface area contributed by atoms with Crippen molar-refractivity contribution in [1.82, 2.24) is 29.4 Å². The quantitative estimate of drug-likeness (QED) is 0.624. The molecule has 1 fully saturated rings. The summed E-state index contributed by atoms with van der Waals surface area (Å²) in [6.07, 6.45) is 0.107. The molecule has 0 spiro atoms. The van der Waals surface area contributed by atoms with Crippen LogP contribution in [-0.4, -0.2) is 48.2 Å². The van der Waals surface area contributed by atoms with Gasteiger partial charge >= 0.3 is 6.18 Å². The number of anilines is 1. The minimum atomic E-state index is -4.28. The van der Waals surface area contributed by atoms with Crippen LogP contribution < -0.4 is 5.32 Å². The third-order valence-corrected chi connectivity index (χ3v) is 5.00. The first-order chi connectivity index (χ1) is 13.8. The minimum absolute atomic E-state index is 0.0169. The highest BCUT2D eigenvalue weighted by Crippen LogP contribution is 2.42. The predicted molar refractivity (Wildman–Crippen MR) is 94.5 cm³/mol. The second-order valence-corrected chi connectivity index (χ2v) is 6.85. The van der Waals surface area contributed by atoms with Gasteiger partial charge in [-0.05, 0) is 26.7 Å². The summed E-state index contributed by atoms with van der Waals surface area (Å²) >= 11 is 0. The van der Waals surface area contributed by atoms with Crippen molar-refractivity contribution >= 4 is 11.6 Å². The summed E-state index contributed by atoms with van der Waals surface area (Å²) in [5, 5.41) is 10.8. The van der Waals surface area contributed by atoms with Crippen molar-refractivity contribution in [3.63, 3.8) is 0 Å². The first-order valence-corrected chi connectivity index (χ1v) is 9.18. The lowest BCUT2D eigenvalue weighted by Gasteiger charge is -2.37. The molecule has 1 N–H and O–H groups in total. The Balaban J connectivity index is 1.58. The summed E-state index contributed by atoms with van der Waals surface area (Å²) in [4.78, 5) is 8.07. The van der Waals surface area contributed by atoms with Gasteiger partial charge in [-0.3, -0.25) is 0 Å². The number of alkyl halides is 3. The van der Waals surface area contributed by atoms with E-state index >= 15 is 0 Å². The maximum Gasteiger partial charge on any atom is 0.393 e. The normalized spacial score (nSPS) is 20.6. The average Bonchev–Trinajstić information content (AvgIpc) is 3.25. The van der Waals surface area contributed by atoms with Crippen molar-refractivity contribution in [2.75, 3.05) is 11.9 Å². The number of fused-ring (bicyclic) bond motifs is 1. The van der Waals surface area contributed by atoms with Gasteiger partial charge < -0.3 is 10.1 Å². The van der Waals surface area contributed by atoms with E-state index in [2.05, 4.69) is 25.5 Å². The number of nitrogens with zero attached hydrogens (tertiary/aromatic N) is 6. The molecule has 0 aliphatic heterocycles. The van der Waals surface area contributed by atoms with Crippen LogP contribution in [0.4, 0.5) is 23.5 Å². The molecule has 12 heteroatoms. The average molecular weight is 413 g/mol. The molecule has 1 saturated carbocycles. The van der Waals surface area contributed by atoms with Crippen LogP contribution in [-0.2, 0) is 4.74 Å². The van der Waals surface area contributed by atoms with Crippen LogP contribution >= 0.6 is 0 Å². The molecule has 1 aliphatic carbocycles. The molecular weight excluding hydrogens is 394 g/mol. The zero-order valence-electron chi connectivity index (χ0n) is 15.7. The van der Waals surface area contributed by atoms with E-state index in [0.717, 1.165) is 4.52 Å². The Hall–Kier alpha value is -2.76. The van der Waals surface area contributed by atoms with Crippen LogP contribution in [0, 0.1) is 11.7 Å². The number of nitrogens with one attached hydrogen (secondary N) is 1. The van der Waals surface area contributed by atoms with E-state index in [1.807, 2.05) is 6.92 Å². The Kier molecular flexibility index (Phi) is 4.89. The number of halogens is 4. The van der Waals surface area contributed by atoms with E-state index in [9.17, 15) is 17.6 Å². The second kappa shape index (κ2) is 7.25. The molecule has 156 valence electrons. The van der Waals surface area contributed by atoms with Gasteiger partial charge in [-0.15, -0.1) is 5.10 Å². The van der Waals surface area contributed by atoms with E-state index in [-0.39, 0.29) is 29.9 Å². The minimum Gasteiger partial charge on any atom is -0.357 e. The zero-order valence-corrected chi connectivity index (χ0v) is 15.7. The van der Waals surface area contributed by atoms with Gasteiger partial charge in [-0.2, -0.15) is 27.8 Å². The lowest BCUT2D eigenvalue weighted by Crippen LogP contribution is -2.46. The van der Waals surface area contributed by atoms with E-state index in [1.54, 1.807) is 13.1 Å². The molecule has 8 nitrogen and oxygen atoms in total. The van der Waals surface area contributed by atoms with Gasteiger partial charge in [0.15, 0.2) is 11.5 Å². The van der Waals surface area contributed by atoms with Crippen LogP contribution in [0.3, 0.4) is 0 Å². The number of hydrogen-bond donors (Lipinski definition) is 1. The Morgan fingerprint density at radius 1 is 1.34 bits per heavy atom. The molecule has 29 heavy (non-hydrogen) atoms. The SMILES string of the molecule is CCO[C@H](C)n1cc(-c2ncn3nc(N[C@@H]4CC[C@H]4C(F)(F)F)nc3c2F)cn1. The molecule has 4 rings (SSSR count). The Morgan fingerprint density at radius 2 is 2.14 bits per heavy atom. The van der Waals surface area contributed by atoms with Crippen molar-refractivity contribution in [2.45, 2.75) is 45.1 Å². The van der Waals surface area contributed by atoms with E-state index in [0.29, 0.717) is 18.6 Å². The van der Waals surface area contributed by atoms with Gasteiger partial charge in [0.2, 0.25) is 5.95 Å². The van der Waals surface area contributed by atoms with Crippen LogP contribution in [0.1, 0.15) is 32.9 Å². The fourth-order valence-electron chi connectivity index (χ4n) is 3.30. The third kappa shape index (κ3) is 3.63. The fourth-order valence-corrected chi connectivity index (χ4v) is 3.30. The summed E-state index contributed by atoms with van der Waals surface area (Å²) < 4.78 is 61.7. The van der Waals surface area contributed by atoms with E-state index in [1.165, 1.54) is 17.2 Å². The molecule has 0 unspecified atom stereocenters. The maximum absolute atomic E-state index is 15.0. The van der Waals surface area contributed by atoms with Crippen LogP contribution in [0.25, 0.3) is 16.9 Å². The molecule has 3 aromatic rings. The maximum atomic E-state index is 15.0. The summed E-state index contributed by atoms with van der Waals surface area (Å²) in [7, 11) is 0. The molecular formula is C17H19F4N7O. The highest BCUT2D eigenvalue weighted by Gasteiger charge is 2.50. The number of aromatic nitrogens is 6. The molecule has 3 atom stereocenters. The summed E-state index contributed by atoms with van der Waals surface area (Å²) in [6, 6.07) is -0.818. The molecule has 0 bridgehead atoms. The van der Waals surface area contributed by atoms with Gasteiger partial charge in [-0.1, -0.05) is 0 Å². The van der Waals surface area contributed by atoms with E-state index in [4.69, 9.17) is 4.74 Å². The van der Waals surface area contributed by atoms with Crippen molar-refractivity contribution in [1.29, 1.82) is 0 Å². The molecule has 3 aromatic heterocycles. The van der Waals surface area contributed by atoms with Crippen LogP contribution in [0.2, 0.25) is 0 Å². The topological polar surface area (TPSA) is 82.2 Å². The van der Waals surface area contributed by atoms with Gasteiger partial charge in [0.05, 0.1) is 12.1 Å². The number of ether oxygens (including phenoxy) is 1. The summed E-state index contributed by atoms with van der Waals surface area (Å²) in [6.45, 7) is 4.16. The molecule has 0 amide bonds. The highest BCUT2D eigenvalue weighted by molar-refractivity contribution is 5.63. The Morgan fingerprint density at radius 3 is 2.79 bits per heavy atom. The van der Waals surface area contributed by atoms with Crippen LogP contribution in [0.5, 0.6) is 0 Å². The fraction of sp³-hybridized carbons (Fsp3) is 0.529. The van der Waals surface area contributed by atoms with Crippen LogP contribution in [0.15, 0.2) is 18.7 Å². The molecule has 0 aromatic carbocycles. The standard InChI is InChI=1S/C17H19F4N7O/c1-3-29-9(2)27-7-10(6-23-27)14-13(18)15-25-16(26-28(15)8-22-14)24-12-5-4-11(12)17(19,20)21/h6-9,11-12H,3-5H2,1-2H3,(H,24,26)/t9-,11-,12-/m1/s1. The molecule has 0 saturated heterocycles. The lowest BCUT2D eigenvalue weighted by molar-refractivity contribution is -0.197. The second-order valence-electron chi connectivity index (χ2n) is 6.85. The highest BCUT2D eigenvalue weighted by atomic mass is 19.4. The smallest absolute Gasteiger partial charge is 0.357 e. The Bertz CT molecular complexity index is 1020. The summed E-state index contributed by atoms with van der Waals surface area (Å²) in [5.41, 5.74) is 0.305. The predicted octanol–water partition coefficient (Wildman–Crippen LogP) is 3.43. The monoisotopic (exact) mass is 413 g/mol. The Labute approximate surface area is 162 Å². The largest absolute Gasteiger partial charge is 0.393 e. The molecule has 1 aliphatic rings. The lowest BCUT2D eigenvalue weighted by atomic mass is 9.79. The third-order valence-electron chi connectivity index (χ3n) is 5.00. The molecule has 3 heterocycles. The summed E-state index contributed by atoms with van der Waals surface area (Å²) in [5.74, 6) is -2.26. The van der Waals surface area contributed by atoms with Crippen molar-refractivity contribution < 1.29 is 22.3 Å². The van der Waals surface area contributed by atoms with Crippen molar-refractivity contribution in [3.8, 4) is 11.3 Å². The first-order valence-electron chi connectivity index (χ1n) is 9.18. The number of hydrogen-bond acceptors (Lipinski definition) is 6. The van der Waals surface area contributed by atoms with Crippen molar-refractivity contribution in [2.24, 2.45) is 5.92 Å². The van der Waals surface area contributed by atoms with E-state index < -0.39 is 24.0 Å². The van der Waals surface area contributed by atoms with Gasteiger partial charge in [0, 0.05) is 24.4 Å². The zero-order chi connectivity index (χ0) is 20.8. The number of rotatable bonds is 6. The van der Waals surface area contributed by atoms with Gasteiger partial charge in [0.25, 0.3) is 0 Å². The van der Waals surface area contributed by atoms with Gasteiger partial charge in [0.1, 0.15) is 18.2 Å². The first kappa shape index (κ1) is 19.6. The van der Waals surface area contributed by atoms with Crippen molar-refractivity contribution in [3.05, 3.63) is 24.5 Å².